The molecule has 0 bridgehead atoms. The average Bonchev–Trinajstić information content (AvgIpc) is 3.24. The van der Waals surface area contributed by atoms with E-state index >= 15 is 0 Å². The Balaban J connectivity index is 2.01. The summed E-state index contributed by atoms with van der Waals surface area (Å²) >= 11 is 0. The topological polar surface area (TPSA) is 62.2 Å². The number of carboxylic acid groups (broad SMARTS) is 1. The van der Waals surface area contributed by atoms with Gasteiger partial charge in [0.1, 0.15) is 11.4 Å². The maximum absolute atomic E-state index is 11.6. The summed E-state index contributed by atoms with van der Waals surface area (Å²) in [5, 5.41) is 13.8. The molecule has 3 rings (SSSR count). The first-order valence-corrected chi connectivity index (χ1v) is 6.88. The van der Waals surface area contributed by atoms with Gasteiger partial charge >= 0.3 is 5.97 Å². The molecule has 0 aliphatic heterocycles. The highest BCUT2D eigenvalue weighted by atomic mass is 16.4. The molecule has 1 fully saturated rings. The van der Waals surface area contributed by atoms with E-state index in [1.807, 2.05) is 37.3 Å². The second-order valence-electron chi connectivity index (χ2n) is 5.75. The maximum Gasteiger partial charge on any atom is 0.329 e. The second kappa shape index (κ2) is 4.47. The molecule has 1 aliphatic rings. The zero-order valence-corrected chi connectivity index (χ0v) is 11.7. The van der Waals surface area contributed by atoms with Gasteiger partial charge in [-0.15, -0.1) is 0 Å². The normalized spacial score (nSPS) is 17.7. The number of rotatable bonds is 4. The third-order valence-electron chi connectivity index (χ3n) is 4.13. The largest absolute Gasteiger partial charge is 0.480 e. The van der Waals surface area contributed by atoms with Gasteiger partial charge in [-0.3, -0.25) is 0 Å². The van der Waals surface area contributed by atoms with Crippen molar-refractivity contribution < 1.29 is 9.90 Å². The van der Waals surface area contributed by atoms with Gasteiger partial charge < -0.3 is 10.4 Å². The van der Waals surface area contributed by atoms with Gasteiger partial charge in [-0.25, -0.2) is 9.78 Å². The molecule has 2 aromatic rings. The predicted octanol–water partition coefficient (Wildman–Crippen LogP) is 3.21. The van der Waals surface area contributed by atoms with Gasteiger partial charge in [-0.1, -0.05) is 18.2 Å². The molecule has 4 nitrogen and oxygen atoms in total. The summed E-state index contributed by atoms with van der Waals surface area (Å²) < 4.78 is 0. The molecular formula is C16H18N2O2. The van der Waals surface area contributed by atoms with Gasteiger partial charge in [0.25, 0.3) is 0 Å². The van der Waals surface area contributed by atoms with E-state index in [4.69, 9.17) is 0 Å². The first-order chi connectivity index (χ1) is 9.50. The molecule has 1 aromatic carbocycles. The van der Waals surface area contributed by atoms with Gasteiger partial charge in [0.05, 0.1) is 5.52 Å². The van der Waals surface area contributed by atoms with E-state index in [0.717, 1.165) is 29.3 Å². The van der Waals surface area contributed by atoms with Crippen LogP contribution in [0.5, 0.6) is 0 Å². The van der Waals surface area contributed by atoms with Crippen LogP contribution < -0.4 is 5.32 Å². The van der Waals surface area contributed by atoms with Crippen LogP contribution >= 0.6 is 0 Å². The van der Waals surface area contributed by atoms with Crippen molar-refractivity contribution in [3.05, 3.63) is 35.9 Å². The van der Waals surface area contributed by atoms with Gasteiger partial charge in [0.2, 0.25) is 0 Å². The fraction of sp³-hybridized carbons (Fsp3) is 0.375. The molecule has 20 heavy (non-hydrogen) atoms. The summed E-state index contributed by atoms with van der Waals surface area (Å²) in [6, 6.07) is 9.90. The van der Waals surface area contributed by atoms with Crippen LogP contribution in [0.3, 0.4) is 0 Å². The average molecular weight is 270 g/mol. The monoisotopic (exact) mass is 270 g/mol. The predicted molar refractivity (Wildman–Crippen MR) is 78.9 cm³/mol. The number of fused-ring (bicyclic) bond motifs is 1. The van der Waals surface area contributed by atoms with Crippen LogP contribution in [0.25, 0.3) is 10.9 Å². The Labute approximate surface area is 117 Å². The number of hydrogen-bond acceptors (Lipinski definition) is 3. The van der Waals surface area contributed by atoms with E-state index in [0.29, 0.717) is 5.82 Å². The Bertz CT molecular complexity index is 679. The van der Waals surface area contributed by atoms with Gasteiger partial charge in [0.15, 0.2) is 0 Å². The summed E-state index contributed by atoms with van der Waals surface area (Å²) in [5.41, 5.74) is 0.918. The molecule has 0 saturated heterocycles. The number of benzene rings is 1. The molecule has 1 unspecified atom stereocenters. The lowest BCUT2D eigenvalue weighted by molar-refractivity contribution is -0.142. The van der Waals surface area contributed by atoms with Gasteiger partial charge in [-0.05, 0) is 50.3 Å². The van der Waals surface area contributed by atoms with Crippen LogP contribution in [-0.2, 0) is 4.79 Å². The van der Waals surface area contributed by atoms with Crippen LogP contribution in [0.4, 0.5) is 5.82 Å². The quantitative estimate of drug-likeness (QED) is 0.895. The van der Waals surface area contributed by atoms with Crippen molar-refractivity contribution in [1.82, 2.24) is 4.98 Å². The Morgan fingerprint density at radius 3 is 2.75 bits per heavy atom. The Morgan fingerprint density at radius 2 is 2.10 bits per heavy atom. The van der Waals surface area contributed by atoms with Crippen molar-refractivity contribution in [2.24, 2.45) is 5.92 Å². The number of hydrogen-bond donors (Lipinski definition) is 2. The third kappa shape index (κ3) is 2.11. The smallest absolute Gasteiger partial charge is 0.329 e. The van der Waals surface area contributed by atoms with E-state index in [9.17, 15) is 9.90 Å². The summed E-state index contributed by atoms with van der Waals surface area (Å²) in [6.07, 6.45) is 1.92. The van der Waals surface area contributed by atoms with Crippen molar-refractivity contribution in [1.29, 1.82) is 0 Å². The fourth-order valence-electron chi connectivity index (χ4n) is 2.58. The molecule has 2 N–H and O–H groups in total. The summed E-state index contributed by atoms with van der Waals surface area (Å²) in [5.74, 6) is 0.0440. The SMILES string of the molecule is Cc1cc2ccccc2nc1NC(C)(C(=O)O)C1CC1. The standard InChI is InChI=1S/C16H18N2O2/c1-10-9-11-5-3-4-6-13(11)17-14(10)18-16(2,15(19)20)12-7-8-12/h3-6,9,12H,7-8H2,1-2H3,(H,17,18)(H,19,20). The molecule has 1 atom stereocenters. The van der Waals surface area contributed by atoms with Crippen molar-refractivity contribution in [2.45, 2.75) is 32.2 Å². The molecule has 1 aliphatic carbocycles. The first-order valence-electron chi connectivity index (χ1n) is 6.88. The maximum atomic E-state index is 11.6. The minimum absolute atomic E-state index is 0.188. The zero-order chi connectivity index (χ0) is 14.3. The number of pyridine rings is 1. The molecule has 0 spiro atoms. The van der Waals surface area contributed by atoms with E-state index < -0.39 is 11.5 Å². The minimum Gasteiger partial charge on any atom is -0.480 e. The lowest BCUT2D eigenvalue weighted by Gasteiger charge is -2.27. The lowest BCUT2D eigenvalue weighted by Crippen LogP contribution is -2.46. The fourth-order valence-corrected chi connectivity index (χ4v) is 2.58. The summed E-state index contributed by atoms with van der Waals surface area (Å²) in [7, 11) is 0. The number of nitrogens with one attached hydrogen (secondary N) is 1. The van der Waals surface area contributed by atoms with Crippen molar-refractivity contribution >= 4 is 22.7 Å². The van der Waals surface area contributed by atoms with Gasteiger partial charge in [0, 0.05) is 5.39 Å². The molecule has 0 amide bonds. The van der Waals surface area contributed by atoms with Crippen LogP contribution in [0, 0.1) is 12.8 Å². The third-order valence-corrected chi connectivity index (χ3v) is 4.13. The van der Waals surface area contributed by atoms with Crippen LogP contribution in [0.1, 0.15) is 25.3 Å². The number of carbonyl (C=O) groups is 1. The van der Waals surface area contributed by atoms with Crippen molar-refractivity contribution in [2.75, 3.05) is 5.32 Å². The van der Waals surface area contributed by atoms with Crippen LogP contribution in [0.15, 0.2) is 30.3 Å². The summed E-state index contributed by atoms with van der Waals surface area (Å²) in [4.78, 5) is 16.2. The van der Waals surface area contributed by atoms with Crippen molar-refractivity contribution in [3.63, 3.8) is 0 Å². The Hall–Kier alpha value is -2.10. The number of para-hydroxylation sites is 1. The highest BCUT2D eigenvalue weighted by Gasteiger charge is 2.48. The number of aromatic nitrogens is 1. The number of carboxylic acids is 1. The first kappa shape index (κ1) is 12.9. The highest BCUT2D eigenvalue weighted by Crippen LogP contribution is 2.41. The molecule has 4 heteroatoms. The second-order valence-corrected chi connectivity index (χ2v) is 5.75. The Kier molecular flexibility index (Phi) is 2.89. The van der Waals surface area contributed by atoms with E-state index in [1.165, 1.54) is 0 Å². The zero-order valence-electron chi connectivity index (χ0n) is 11.7. The number of nitrogens with zero attached hydrogens (tertiary/aromatic N) is 1. The highest BCUT2D eigenvalue weighted by molar-refractivity contribution is 5.85. The van der Waals surface area contributed by atoms with Crippen LogP contribution in [0.2, 0.25) is 0 Å². The van der Waals surface area contributed by atoms with Crippen molar-refractivity contribution in [3.8, 4) is 0 Å². The van der Waals surface area contributed by atoms with E-state index in [-0.39, 0.29) is 5.92 Å². The molecule has 104 valence electrons. The number of aliphatic carboxylic acids is 1. The van der Waals surface area contributed by atoms with Gasteiger partial charge in [-0.2, -0.15) is 0 Å². The molecule has 1 aromatic heterocycles. The van der Waals surface area contributed by atoms with E-state index in [2.05, 4.69) is 10.3 Å². The molecule has 1 saturated carbocycles. The lowest BCUT2D eigenvalue weighted by atomic mass is 9.95. The summed E-state index contributed by atoms with van der Waals surface area (Å²) in [6.45, 7) is 3.71. The molecular weight excluding hydrogens is 252 g/mol. The number of aryl methyl sites for hydroxylation is 1. The van der Waals surface area contributed by atoms with Crippen LogP contribution in [-0.4, -0.2) is 21.6 Å². The minimum atomic E-state index is -0.930. The number of anilines is 1. The van der Waals surface area contributed by atoms with E-state index in [1.54, 1.807) is 6.92 Å². The molecule has 0 radical (unpaired) electrons. The Morgan fingerprint density at radius 1 is 1.40 bits per heavy atom. The molecule has 1 heterocycles.